The van der Waals surface area contributed by atoms with Crippen molar-refractivity contribution in [3.05, 3.63) is 28.8 Å². The first kappa shape index (κ1) is 14.3. The Balaban J connectivity index is 2.92. The number of alkyl halides is 3. The first-order valence-corrected chi connectivity index (χ1v) is 4.89. The molecule has 0 atom stereocenters. The fourth-order valence-electron chi connectivity index (χ4n) is 1.10. The number of esters is 1. The zero-order valence-corrected chi connectivity index (χ0v) is 9.72. The monoisotopic (exact) mass is 281 g/mol. The standard InChI is InChI=1S/C10H7ClF3NO3/c1-18-9(17)8(16)15-5-2-3-6(7(11)4-5)10(12,13)14/h2-4H,1H3,(H,15,16). The predicted octanol–water partition coefficient (Wildman–Crippen LogP) is 2.47. The van der Waals surface area contributed by atoms with Gasteiger partial charge in [-0.05, 0) is 18.2 Å². The molecule has 0 saturated carbocycles. The molecule has 0 aliphatic carbocycles. The van der Waals surface area contributed by atoms with Gasteiger partial charge in [0.25, 0.3) is 0 Å². The molecule has 0 aliphatic heterocycles. The van der Waals surface area contributed by atoms with Crippen molar-refractivity contribution in [2.75, 3.05) is 12.4 Å². The third-order valence-electron chi connectivity index (χ3n) is 1.90. The van der Waals surface area contributed by atoms with E-state index in [-0.39, 0.29) is 5.69 Å². The molecule has 4 nitrogen and oxygen atoms in total. The van der Waals surface area contributed by atoms with Gasteiger partial charge >= 0.3 is 18.1 Å². The summed E-state index contributed by atoms with van der Waals surface area (Å²) in [7, 11) is 1.00. The second kappa shape index (κ2) is 5.26. The van der Waals surface area contributed by atoms with Crippen LogP contribution in [0.2, 0.25) is 5.02 Å². The van der Waals surface area contributed by atoms with E-state index in [1.54, 1.807) is 0 Å². The molecule has 1 amide bonds. The van der Waals surface area contributed by atoms with Gasteiger partial charge in [0.05, 0.1) is 17.7 Å². The number of rotatable bonds is 1. The van der Waals surface area contributed by atoms with Crippen LogP contribution in [0.3, 0.4) is 0 Å². The van der Waals surface area contributed by atoms with E-state index in [0.29, 0.717) is 6.07 Å². The summed E-state index contributed by atoms with van der Waals surface area (Å²) in [5.74, 6) is -2.26. The zero-order valence-electron chi connectivity index (χ0n) is 8.97. The predicted molar refractivity (Wildman–Crippen MR) is 57.1 cm³/mol. The smallest absolute Gasteiger partial charge is 0.417 e. The van der Waals surface area contributed by atoms with Gasteiger partial charge in [-0.2, -0.15) is 13.2 Å². The molecule has 0 spiro atoms. The molecule has 1 N–H and O–H groups in total. The summed E-state index contributed by atoms with van der Waals surface area (Å²) in [6.45, 7) is 0. The Hall–Kier alpha value is -1.76. The van der Waals surface area contributed by atoms with Gasteiger partial charge in [0.1, 0.15) is 0 Å². The van der Waals surface area contributed by atoms with E-state index < -0.39 is 28.6 Å². The fraction of sp³-hybridized carbons (Fsp3) is 0.200. The van der Waals surface area contributed by atoms with Crippen LogP contribution in [0.5, 0.6) is 0 Å². The van der Waals surface area contributed by atoms with E-state index in [4.69, 9.17) is 11.6 Å². The van der Waals surface area contributed by atoms with Gasteiger partial charge in [0.2, 0.25) is 0 Å². The molecule has 1 aromatic rings. The van der Waals surface area contributed by atoms with Gasteiger partial charge in [0.15, 0.2) is 0 Å². The number of amides is 1. The largest absolute Gasteiger partial charge is 0.462 e. The third-order valence-corrected chi connectivity index (χ3v) is 2.22. The van der Waals surface area contributed by atoms with E-state index in [1.807, 2.05) is 5.32 Å². The van der Waals surface area contributed by atoms with Crippen molar-refractivity contribution >= 4 is 29.2 Å². The molecule has 0 aromatic heterocycles. The number of methoxy groups -OCH3 is 1. The van der Waals surface area contributed by atoms with Gasteiger partial charge < -0.3 is 10.1 Å². The molecule has 18 heavy (non-hydrogen) atoms. The number of carbonyl (C=O) groups is 2. The number of hydrogen-bond acceptors (Lipinski definition) is 3. The van der Waals surface area contributed by atoms with Crippen molar-refractivity contribution < 1.29 is 27.5 Å². The van der Waals surface area contributed by atoms with Gasteiger partial charge in [-0.25, -0.2) is 4.79 Å². The van der Waals surface area contributed by atoms with E-state index in [0.717, 1.165) is 19.2 Å². The average molecular weight is 282 g/mol. The zero-order chi connectivity index (χ0) is 13.9. The SMILES string of the molecule is COC(=O)C(=O)Nc1ccc(C(F)(F)F)c(Cl)c1. The topological polar surface area (TPSA) is 55.4 Å². The van der Waals surface area contributed by atoms with Crippen LogP contribution in [0.15, 0.2) is 18.2 Å². The van der Waals surface area contributed by atoms with E-state index in [2.05, 4.69) is 4.74 Å². The summed E-state index contributed by atoms with van der Waals surface area (Å²) in [6, 6.07) is 2.58. The Morgan fingerprint density at radius 3 is 2.39 bits per heavy atom. The molecule has 0 bridgehead atoms. The minimum absolute atomic E-state index is 0.0385. The van der Waals surface area contributed by atoms with Crippen LogP contribution in [0.4, 0.5) is 18.9 Å². The fourth-order valence-corrected chi connectivity index (χ4v) is 1.39. The van der Waals surface area contributed by atoms with E-state index in [9.17, 15) is 22.8 Å². The van der Waals surface area contributed by atoms with Gasteiger partial charge in [-0.3, -0.25) is 4.79 Å². The molecular weight excluding hydrogens is 275 g/mol. The number of ether oxygens (including phenoxy) is 1. The molecule has 0 saturated heterocycles. The highest BCUT2D eigenvalue weighted by molar-refractivity contribution is 6.37. The van der Waals surface area contributed by atoms with Crippen molar-refractivity contribution in [2.24, 2.45) is 0 Å². The second-order valence-electron chi connectivity index (χ2n) is 3.14. The maximum Gasteiger partial charge on any atom is 0.417 e. The summed E-state index contributed by atoms with van der Waals surface area (Å²) < 4.78 is 41.3. The summed E-state index contributed by atoms with van der Waals surface area (Å²) in [4.78, 5) is 21.9. The second-order valence-corrected chi connectivity index (χ2v) is 3.55. The highest BCUT2D eigenvalue weighted by Gasteiger charge is 2.33. The van der Waals surface area contributed by atoms with Crippen LogP contribution >= 0.6 is 11.6 Å². The van der Waals surface area contributed by atoms with Crippen LogP contribution in [0, 0.1) is 0 Å². The Kier molecular flexibility index (Phi) is 4.18. The van der Waals surface area contributed by atoms with Crippen LogP contribution in [-0.2, 0) is 20.5 Å². The summed E-state index contributed by atoms with van der Waals surface area (Å²) in [5.41, 5.74) is -1.07. The van der Waals surface area contributed by atoms with Crippen LogP contribution < -0.4 is 5.32 Å². The molecule has 0 aliphatic rings. The first-order valence-electron chi connectivity index (χ1n) is 4.51. The molecule has 0 heterocycles. The van der Waals surface area contributed by atoms with E-state index >= 15 is 0 Å². The van der Waals surface area contributed by atoms with E-state index in [1.165, 1.54) is 0 Å². The third kappa shape index (κ3) is 3.36. The van der Waals surface area contributed by atoms with Crippen molar-refractivity contribution in [3.8, 4) is 0 Å². The highest BCUT2D eigenvalue weighted by atomic mass is 35.5. The average Bonchev–Trinajstić information content (AvgIpc) is 2.26. The molecule has 8 heteroatoms. The Labute approximate surface area is 105 Å². The first-order chi connectivity index (χ1) is 8.25. The summed E-state index contributed by atoms with van der Waals surface area (Å²) >= 11 is 5.42. The van der Waals surface area contributed by atoms with Crippen LogP contribution in [-0.4, -0.2) is 19.0 Å². The van der Waals surface area contributed by atoms with Gasteiger partial charge in [0, 0.05) is 5.69 Å². The molecular formula is C10H7ClF3NO3. The minimum Gasteiger partial charge on any atom is -0.462 e. The molecule has 0 fully saturated rings. The Morgan fingerprint density at radius 2 is 1.94 bits per heavy atom. The quantitative estimate of drug-likeness (QED) is 0.635. The number of carbonyl (C=O) groups excluding carboxylic acids is 2. The van der Waals surface area contributed by atoms with Crippen LogP contribution in [0.25, 0.3) is 0 Å². The number of halogens is 4. The lowest BCUT2D eigenvalue weighted by atomic mass is 10.2. The number of hydrogen-bond donors (Lipinski definition) is 1. The van der Waals surface area contributed by atoms with Gasteiger partial charge in [-0.1, -0.05) is 11.6 Å². The van der Waals surface area contributed by atoms with Crippen molar-refractivity contribution in [1.82, 2.24) is 0 Å². The lowest BCUT2D eigenvalue weighted by Crippen LogP contribution is -2.23. The number of anilines is 1. The normalized spacial score (nSPS) is 10.9. The van der Waals surface area contributed by atoms with Crippen molar-refractivity contribution in [1.29, 1.82) is 0 Å². The molecule has 1 aromatic carbocycles. The highest BCUT2D eigenvalue weighted by Crippen LogP contribution is 2.35. The van der Waals surface area contributed by atoms with Crippen molar-refractivity contribution in [2.45, 2.75) is 6.18 Å². The Bertz CT molecular complexity index is 488. The maximum absolute atomic E-state index is 12.4. The lowest BCUT2D eigenvalue weighted by molar-refractivity contribution is -0.150. The minimum atomic E-state index is -4.58. The van der Waals surface area contributed by atoms with Crippen LogP contribution in [0.1, 0.15) is 5.56 Å². The summed E-state index contributed by atoms with van der Waals surface area (Å²) in [5, 5.41) is 1.47. The molecule has 0 unspecified atom stereocenters. The summed E-state index contributed by atoms with van der Waals surface area (Å²) in [6.07, 6.45) is -4.58. The number of benzene rings is 1. The maximum atomic E-state index is 12.4. The molecule has 0 radical (unpaired) electrons. The Morgan fingerprint density at radius 1 is 1.33 bits per heavy atom. The number of nitrogens with one attached hydrogen (secondary N) is 1. The molecule has 1 rings (SSSR count). The lowest BCUT2D eigenvalue weighted by Gasteiger charge is -2.10. The van der Waals surface area contributed by atoms with Gasteiger partial charge in [-0.15, -0.1) is 0 Å². The molecule has 98 valence electrons. The van der Waals surface area contributed by atoms with Crippen molar-refractivity contribution in [3.63, 3.8) is 0 Å².